The first-order valence-corrected chi connectivity index (χ1v) is 10.1. The highest BCUT2D eigenvalue weighted by molar-refractivity contribution is 6.31. The van der Waals surface area contributed by atoms with E-state index in [-0.39, 0.29) is 45.8 Å². The van der Waals surface area contributed by atoms with Crippen LogP contribution in [0, 0.1) is 15.5 Å². The van der Waals surface area contributed by atoms with Crippen LogP contribution < -0.4 is 4.90 Å². The molecule has 2 aromatic carbocycles. The van der Waals surface area contributed by atoms with Crippen LogP contribution in [0.1, 0.15) is 44.6 Å². The van der Waals surface area contributed by atoms with Gasteiger partial charge in [0.25, 0.3) is 5.69 Å². The lowest BCUT2D eigenvalue weighted by Crippen LogP contribution is -2.44. The van der Waals surface area contributed by atoms with Gasteiger partial charge < -0.3 is 0 Å². The van der Waals surface area contributed by atoms with Crippen molar-refractivity contribution in [3.8, 4) is 0 Å². The minimum absolute atomic E-state index is 0.0164. The van der Waals surface area contributed by atoms with Crippen LogP contribution in [0.5, 0.6) is 0 Å². The Morgan fingerprint density at radius 1 is 1.10 bits per heavy atom. The highest BCUT2D eigenvalue weighted by Gasteiger charge is 2.45. The van der Waals surface area contributed by atoms with Crippen molar-refractivity contribution in [2.24, 2.45) is 5.41 Å². The maximum absolute atomic E-state index is 13.4. The minimum atomic E-state index is -0.530. The lowest BCUT2D eigenvalue weighted by atomic mass is 9.69. The van der Waals surface area contributed by atoms with Crippen LogP contribution in [0.4, 0.5) is 11.4 Å². The Labute approximate surface area is 179 Å². The Morgan fingerprint density at radius 3 is 2.47 bits per heavy atom. The van der Waals surface area contributed by atoms with Crippen molar-refractivity contribution in [2.75, 3.05) is 4.90 Å². The molecule has 0 N–H and O–H groups in total. The molecule has 6 nitrogen and oxygen atoms in total. The number of carbonyl (C=O) groups excluding carboxylic acids is 2. The Hall–Kier alpha value is -2.99. The van der Waals surface area contributed by atoms with Gasteiger partial charge in [0.1, 0.15) is 5.69 Å². The fourth-order valence-corrected chi connectivity index (χ4v) is 4.66. The van der Waals surface area contributed by atoms with E-state index in [0.29, 0.717) is 24.1 Å². The molecule has 4 rings (SSSR count). The highest BCUT2D eigenvalue weighted by Crippen LogP contribution is 2.49. The second-order valence-electron chi connectivity index (χ2n) is 8.59. The number of halogens is 1. The molecule has 0 fully saturated rings. The molecule has 30 heavy (non-hydrogen) atoms. The molecule has 1 aliphatic carbocycles. The second-order valence-corrected chi connectivity index (χ2v) is 9.02. The van der Waals surface area contributed by atoms with Crippen molar-refractivity contribution in [3.63, 3.8) is 0 Å². The van der Waals surface area contributed by atoms with Crippen molar-refractivity contribution in [3.05, 3.63) is 80.5 Å². The predicted molar refractivity (Wildman–Crippen MR) is 114 cm³/mol. The summed E-state index contributed by atoms with van der Waals surface area (Å²) in [5, 5.41) is 12.0. The Balaban J connectivity index is 1.96. The third kappa shape index (κ3) is 3.52. The number of allylic oxidation sites excluding steroid dienone is 2. The maximum atomic E-state index is 13.4. The van der Waals surface area contributed by atoms with Crippen molar-refractivity contribution in [1.29, 1.82) is 0 Å². The molecule has 1 atom stereocenters. The van der Waals surface area contributed by atoms with E-state index in [2.05, 4.69) is 0 Å². The first-order valence-electron chi connectivity index (χ1n) is 9.76. The third-order valence-electron chi connectivity index (χ3n) is 5.72. The largest absolute Gasteiger partial charge is 0.294 e. The number of nitro benzene ring substituents is 1. The Bertz CT molecular complexity index is 1090. The number of ketones is 1. The molecule has 7 heteroatoms. The van der Waals surface area contributed by atoms with Gasteiger partial charge in [-0.2, -0.15) is 0 Å². The Kier molecular flexibility index (Phi) is 4.98. The van der Waals surface area contributed by atoms with E-state index >= 15 is 0 Å². The standard InChI is InChI=1S/C23H21ClN2O4/c1-23(2)12-19-22(20(27)13-23)16(14-6-4-3-5-7-14)11-21(28)25(19)18-10-15(24)8-9-17(18)26(29)30/h3-10,16H,11-13H2,1-2H3. The van der Waals surface area contributed by atoms with Gasteiger partial charge in [0.15, 0.2) is 5.78 Å². The molecular formula is C23H21ClN2O4. The highest BCUT2D eigenvalue weighted by atomic mass is 35.5. The van der Waals surface area contributed by atoms with E-state index in [1.165, 1.54) is 23.1 Å². The van der Waals surface area contributed by atoms with E-state index in [1.54, 1.807) is 0 Å². The summed E-state index contributed by atoms with van der Waals surface area (Å²) in [6.07, 6.45) is 0.903. The summed E-state index contributed by atoms with van der Waals surface area (Å²) in [6, 6.07) is 13.6. The Morgan fingerprint density at radius 2 is 1.80 bits per heavy atom. The van der Waals surface area contributed by atoms with E-state index in [0.717, 1.165) is 5.56 Å². The van der Waals surface area contributed by atoms with Crippen LogP contribution in [0.3, 0.4) is 0 Å². The summed E-state index contributed by atoms with van der Waals surface area (Å²) < 4.78 is 0. The van der Waals surface area contributed by atoms with Crippen LogP contribution in [0.15, 0.2) is 59.8 Å². The van der Waals surface area contributed by atoms with Crippen molar-refractivity contribution in [2.45, 2.75) is 39.0 Å². The monoisotopic (exact) mass is 424 g/mol. The summed E-state index contributed by atoms with van der Waals surface area (Å²) in [7, 11) is 0. The van der Waals surface area contributed by atoms with E-state index < -0.39 is 4.92 Å². The molecule has 2 aliphatic rings. The predicted octanol–water partition coefficient (Wildman–Crippen LogP) is 5.41. The van der Waals surface area contributed by atoms with E-state index in [1.807, 2.05) is 44.2 Å². The topological polar surface area (TPSA) is 80.5 Å². The first-order chi connectivity index (χ1) is 14.2. The number of Topliss-reactive ketones (excluding diaryl/α,β-unsaturated/α-hetero) is 1. The number of nitro groups is 1. The average Bonchev–Trinajstić information content (AvgIpc) is 2.66. The zero-order valence-corrected chi connectivity index (χ0v) is 17.5. The van der Waals surface area contributed by atoms with Gasteiger partial charge in [0.05, 0.1) is 4.92 Å². The quantitative estimate of drug-likeness (QED) is 0.487. The van der Waals surface area contributed by atoms with Gasteiger partial charge in [0, 0.05) is 41.1 Å². The normalized spacial score (nSPS) is 20.9. The molecule has 154 valence electrons. The van der Waals surface area contributed by atoms with Gasteiger partial charge in [0.2, 0.25) is 5.91 Å². The number of benzene rings is 2. The van der Waals surface area contributed by atoms with E-state index in [4.69, 9.17) is 11.6 Å². The summed E-state index contributed by atoms with van der Waals surface area (Å²) in [5.74, 6) is -0.650. The molecule has 1 heterocycles. The van der Waals surface area contributed by atoms with Crippen LogP contribution >= 0.6 is 11.6 Å². The number of nitrogens with zero attached hydrogens (tertiary/aromatic N) is 2. The van der Waals surface area contributed by atoms with Crippen molar-refractivity contribution in [1.82, 2.24) is 0 Å². The maximum Gasteiger partial charge on any atom is 0.293 e. The molecule has 0 saturated heterocycles. The molecule has 0 aromatic heterocycles. The number of hydrogen-bond acceptors (Lipinski definition) is 4. The average molecular weight is 425 g/mol. The van der Waals surface area contributed by atoms with Crippen molar-refractivity contribution >= 4 is 34.7 Å². The fourth-order valence-electron chi connectivity index (χ4n) is 4.49. The first kappa shape index (κ1) is 20.3. The summed E-state index contributed by atoms with van der Waals surface area (Å²) in [4.78, 5) is 39.1. The van der Waals surface area contributed by atoms with Gasteiger partial charge in [-0.05, 0) is 29.5 Å². The number of anilines is 1. The lowest BCUT2D eigenvalue weighted by Gasteiger charge is -2.42. The molecule has 2 aromatic rings. The number of rotatable bonds is 3. The van der Waals surface area contributed by atoms with E-state index in [9.17, 15) is 19.7 Å². The van der Waals surface area contributed by atoms with Crippen LogP contribution in [0.25, 0.3) is 0 Å². The zero-order valence-electron chi connectivity index (χ0n) is 16.7. The number of hydrogen-bond donors (Lipinski definition) is 0. The molecule has 0 spiro atoms. The van der Waals surface area contributed by atoms with Gasteiger partial charge in [-0.15, -0.1) is 0 Å². The molecule has 0 bridgehead atoms. The van der Waals surface area contributed by atoms with Crippen molar-refractivity contribution < 1.29 is 14.5 Å². The summed E-state index contributed by atoms with van der Waals surface area (Å²) in [5.41, 5.74) is 1.56. The molecule has 1 aliphatic heterocycles. The van der Waals surface area contributed by atoms with Crippen LogP contribution in [-0.4, -0.2) is 16.6 Å². The van der Waals surface area contributed by atoms with Gasteiger partial charge in [-0.1, -0.05) is 55.8 Å². The number of amides is 1. The zero-order chi connectivity index (χ0) is 21.6. The summed E-state index contributed by atoms with van der Waals surface area (Å²) >= 11 is 6.13. The van der Waals surface area contributed by atoms with Crippen LogP contribution in [0.2, 0.25) is 5.02 Å². The van der Waals surface area contributed by atoms with Gasteiger partial charge >= 0.3 is 0 Å². The fraction of sp³-hybridized carbons (Fsp3) is 0.304. The number of carbonyl (C=O) groups is 2. The molecule has 1 unspecified atom stereocenters. The van der Waals surface area contributed by atoms with Crippen LogP contribution in [-0.2, 0) is 9.59 Å². The van der Waals surface area contributed by atoms with Gasteiger partial charge in [-0.3, -0.25) is 24.6 Å². The molecular weight excluding hydrogens is 404 g/mol. The SMILES string of the molecule is CC1(C)CC(=O)C2=C(C1)N(c1cc(Cl)ccc1[N+](=O)[O-])C(=O)CC2c1ccccc1. The third-order valence-corrected chi connectivity index (χ3v) is 5.96. The molecule has 1 amide bonds. The van der Waals surface area contributed by atoms with Gasteiger partial charge in [-0.25, -0.2) is 0 Å². The minimum Gasteiger partial charge on any atom is -0.294 e. The molecule has 0 saturated carbocycles. The lowest BCUT2D eigenvalue weighted by molar-refractivity contribution is -0.384. The second kappa shape index (κ2) is 7.36. The molecule has 0 radical (unpaired) electrons. The summed E-state index contributed by atoms with van der Waals surface area (Å²) in [6.45, 7) is 3.94. The smallest absolute Gasteiger partial charge is 0.293 e.